The number of ketones is 1. The van der Waals surface area contributed by atoms with Crippen LogP contribution >= 0.6 is 0 Å². The summed E-state index contributed by atoms with van der Waals surface area (Å²) in [4.78, 5) is 27.1. The number of carbonyl (C=O) groups is 2. The summed E-state index contributed by atoms with van der Waals surface area (Å²) in [6.45, 7) is 3.81. The van der Waals surface area contributed by atoms with Gasteiger partial charge in [0.1, 0.15) is 18.2 Å². The molecule has 196 valence electrons. The molecule has 0 aliphatic carbocycles. The third kappa shape index (κ3) is 4.82. The molecular weight excluding hydrogens is 486 g/mol. The number of benzene rings is 3. The maximum atomic E-state index is 13.2. The molecule has 3 aromatic rings. The van der Waals surface area contributed by atoms with E-state index in [2.05, 4.69) is 4.90 Å². The van der Waals surface area contributed by atoms with Gasteiger partial charge in [-0.25, -0.2) is 4.79 Å². The van der Waals surface area contributed by atoms with E-state index in [0.29, 0.717) is 41.7 Å². The average Bonchev–Trinajstić information content (AvgIpc) is 3.26. The minimum absolute atomic E-state index is 0.176. The smallest absolute Gasteiger partial charge is 0.337 e. The summed E-state index contributed by atoms with van der Waals surface area (Å²) in [5.41, 5.74) is 4.62. The van der Waals surface area contributed by atoms with Crippen molar-refractivity contribution in [3.05, 3.63) is 87.7 Å². The highest BCUT2D eigenvalue weighted by atomic mass is 16.5. The summed E-state index contributed by atoms with van der Waals surface area (Å²) in [5.74, 6) is 2.36. The van der Waals surface area contributed by atoms with Crippen molar-refractivity contribution >= 4 is 17.8 Å². The van der Waals surface area contributed by atoms with E-state index in [9.17, 15) is 9.59 Å². The lowest BCUT2D eigenvalue weighted by Crippen LogP contribution is -2.34. The molecule has 0 bridgehead atoms. The first-order valence-corrected chi connectivity index (χ1v) is 12.3. The highest BCUT2D eigenvalue weighted by Crippen LogP contribution is 2.43. The summed E-state index contributed by atoms with van der Waals surface area (Å²) in [5, 5.41) is 0. The molecule has 0 unspecified atom stereocenters. The van der Waals surface area contributed by atoms with Crippen LogP contribution in [0.4, 0.5) is 0 Å². The Bertz CT molecular complexity index is 1430. The summed E-state index contributed by atoms with van der Waals surface area (Å²) in [6, 6.07) is 14.6. The van der Waals surface area contributed by atoms with Crippen LogP contribution in [0, 0.1) is 6.92 Å². The van der Waals surface area contributed by atoms with Crippen LogP contribution in [0.5, 0.6) is 23.0 Å². The average molecular weight is 516 g/mol. The van der Waals surface area contributed by atoms with Crippen molar-refractivity contribution in [1.29, 1.82) is 0 Å². The van der Waals surface area contributed by atoms with Crippen LogP contribution in [0.2, 0.25) is 0 Å². The first-order valence-electron chi connectivity index (χ1n) is 12.3. The van der Waals surface area contributed by atoms with Gasteiger partial charge in [0.25, 0.3) is 0 Å². The van der Waals surface area contributed by atoms with Crippen LogP contribution in [0.15, 0.2) is 54.3 Å². The lowest BCUT2D eigenvalue weighted by molar-refractivity contribution is 0.0600. The molecule has 2 aliphatic rings. The van der Waals surface area contributed by atoms with E-state index in [4.69, 9.17) is 23.7 Å². The lowest BCUT2D eigenvalue weighted by atomic mass is 9.99. The number of Topliss-reactive ketones (excluding diaryl/α,β-unsaturated/α-hetero) is 1. The Kier molecular flexibility index (Phi) is 7.07. The number of fused-ring (bicyclic) bond motifs is 2. The molecule has 0 saturated heterocycles. The van der Waals surface area contributed by atoms with Crippen molar-refractivity contribution in [2.45, 2.75) is 19.9 Å². The van der Waals surface area contributed by atoms with Crippen LogP contribution in [0.3, 0.4) is 0 Å². The van der Waals surface area contributed by atoms with Gasteiger partial charge in [-0.05, 0) is 60.9 Å². The monoisotopic (exact) mass is 515 g/mol. The first kappa shape index (κ1) is 25.4. The van der Waals surface area contributed by atoms with Crippen molar-refractivity contribution in [3.63, 3.8) is 0 Å². The predicted molar refractivity (Wildman–Crippen MR) is 141 cm³/mol. The molecule has 2 aliphatic heterocycles. The van der Waals surface area contributed by atoms with E-state index < -0.39 is 5.97 Å². The van der Waals surface area contributed by atoms with Gasteiger partial charge in [-0.2, -0.15) is 0 Å². The Morgan fingerprint density at radius 2 is 1.76 bits per heavy atom. The van der Waals surface area contributed by atoms with E-state index in [1.165, 1.54) is 7.11 Å². The molecule has 5 rings (SSSR count). The predicted octanol–water partition coefficient (Wildman–Crippen LogP) is 4.81. The summed E-state index contributed by atoms with van der Waals surface area (Å²) in [7, 11) is 4.59. The van der Waals surface area contributed by atoms with Crippen molar-refractivity contribution in [3.8, 4) is 23.0 Å². The molecule has 38 heavy (non-hydrogen) atoms. The SMILES string of the molecule is COC(=O)c1ccc(/C=C2\Oc3c(cc4c(c3C)OCN(CCc3ccc(OC)c(OC)c3)C4)C2=O)cc1. The van der Waals surface area contributed by atoms with Gasteiger partial charge < -0.3 is 23.7 Å². The van der Waals surface area contributed by atoms with Gasteiger partial charge >= 0.3 is 5.97 Å². The fourth-order valence-corrected chi connectivity index (χ4v) is 4.75. The van der Waals surface area contributed by atoms with Gasteiger partial charge in [0.2, 0.25) is 5.78 Å². The lowest BCUT2D eigenvalue weighted by Gasteiger charge is -2.30. The second kappa shape index (κ2) is 10.6. The third-order valence-electron chi connectivity index (χ3n) is 6.80. The summed E-state index contributed by atoms with van der Waals surface area (Å²) >= 11 is 0. The largest absolute Gasteiger partial charge is 0.493 e. The topological polar surface area (TPSA) is 83.5 Å². The molecule has 3 aromatic carbocycles. The molecule has 8 nitrogen and oxygen atoms in total. The molecule has 0 aromatic heterocycles. The Balaban J connectivity index is 1.31. The number of carbonyl (C=O) groups excluding carboxylic acids is 2. The molecule has 2 heterocycles. The van der Waals surface area contributed by atoms with Gasteiger partial charge in [0.05, 0.1) is 32.5 Å². The van der Waals surface area contributed by atoms with Crippen molar-refractivity contribution in [2.75, 3.05) is 34.6 Å². The summed E-state index contributed by atoms with van der Waals surface area (Å²) in [6.07, 6.45) is 2.49. The van der Waals surface area contributed by atoms with Gasteiger partial charge in [-0.3, -0.25) is 9.69 Å². The zero-order valence-electron chi connectivity index (χ0n) is 21.8. The number of esters is 1. The zero-order chi connectivity index (χ0) is 26.8. The highest BCUT2D eigenvalue weighted by molar-refractivity contribution is 6.15. The normalized spacial score (nSPS) is 15.4. The maximum Gasteiger partial charge on any atom is 0.337 e. The van der Waals surface area contributed by atoms with E-state index in [-0.39, 0.29) is 11.5 Å². The van der Waals surface area contributed by atoms with Crippen LogP contribution in [-0.2, 0) is 17.7 Å². The van der Waals surface area contributed by atoms with E-state index in [1.807, 2.05) is 31.2 Å². The van der Waals surface area contributed by atoms with Gasteiger partial charge in [0.15, 0.2) is 17.3 Å². The molecule has 0 spiro atoms. The molecule has 0 atom stereocenters. The molecule has 0 radical (unpaired) electrons. The first-order chi connectivity index (χ1) is 18.4. The number of nitrogens with zero attached hydrogens (tertiary/aromatic N) is 1. The number of hydrogen-bond acceptors (Lipinski definition) is 8. The van der Waals surface area contributed by atoms with Crippen LogP contribution < -0.4 is 18.9 Å². The van der Waals surface area contributed by atoms with Gasteiger partial charge in [-0.15, -0.1) is 0 Å². The second-order valence-corrected chi connectivity index (χ2v) is 9.19. The van der Waals surface area contributed by atoms with Crippen molar-refractivity contribution < 1.29 is 33.3 Å². The van der Waals surface area contributed by atoms with Crippen molar-refractivity contribution in [1.82, 2.24) is 4.90 Å². The Morgan fingerprint density at radius 1 is 1.00 bits per heavy atom. The minimum Gasteiger partial charge on any atom is -0.493 e. The fraction of sp³-hybridized carbons (Fsp3) is 0.267. The van der Waals surface area contributed by atoms with E-state index >= 15 is 0 Å². The second-order valence-electron chi connectivity index (χ2n) is 9.19. The maximum absolute atomic E-state index is 13.2. The standard InChI is InChI=1S/C30H29NO7/c1-18-28-22(16-31(17-37-28)12-11-20-7-10-24(34-2)25(13-20)35-3)15-23-27(32)26(38-29(18)23)14-19-5-8-21(9-6-19)30(33)36-4/h5-10,13-15H,11-12,16-17H2,1-4H3/b26-14-. The Morgan fingerprint density at radius 3 is 2.47 bits per heavy atom. The third-order valence-corrected chi connectivity index (χ3v) is 6.80. The number of ether oxygens (including phenoxy) is 5. The quantitative estimate of drug-likeness (QED) is 0.328. The Hall–Kier alpha value is -4.30. The molecule has 0 amide bonds. The molecule has 0 saturated carbocycles. The molecule has 8 heteroatoms. The van der Waals surface area contributed by atoms with Crippen LogP contribution in [-0.4, -0.2) is 51.3 Å². The minimum atomic E-state index is -0.413. The number of allylic oxidation sites excluding steroid dienone is 1. The van der Waals surface area contributed by atoms with Crippen LogP contribution in [0.25, 0.3) is 6.08 Å². The number of methoxy groups -OCH3 is 3. The highest BCUT2D eigenvalue weighted by Gasteiger charge is 2.33. The van der Waals surface area contributed by atoms with Gasteiger partial charge in [0, 0.05) is 24.2 Å². The fourth-order valence-electron chi connectivity index (χ4n) is 4.75. The molecule has 0 N–H and O–H groups in total. The number of hydrogen-bond donors (Lipinski definition) is 0. The molecular formula is C30H29NO7. The van der Waals surface area contributed by atoms with E-state index in [1.54, 1.807) is 44.6 Å². The van der Waals surface area contributed by atoms with Crippen molar-refractivity contribution in [2.24, 2.45) is 0 Å². The van der Waals surface area contributed by atoms with E-state index in [0.717, 1.165) is 41.0 Å². The summed E-state index contributed by atoms with van der Waals surface area (Å²) < 4.78 is 27.6. The Labute approximate surface area is 221 Å². The number of rotatable bonds is 7. The zero-order valence-corrected chi connectivity index (χ0v) is 21.8. The van der Waals surface area contributed by atoms with Crippen LogP contribution in [0.1, 0.15) is 43.0 Å². The molecule has 0 fully saturated rings. The van der Waals surface area contributed by atoms with Gasteiger partial charge in [-0.1, -0.05) is 18.2 Å².